The molecule has 3 aromatic carbocycles. The monoisotopic (exact) mass is 388 g/mol. The minimum absolute atomic E-state index is 0.107. The van der Waals surface area contributed by atoms with Crippen LogP contribution < -0.4 is 0 Å². The van der Waals surface area contributed by atoms with Crippen LogP contribution >= 0.6 is 0 Å². The number of hydrogen-bond acceptors (Lipinski definition) is 0. The van der Waals surface area contributed by atoms with Gasteiger partial charge in [0.05, 0.1) is 0 Å². The summed E-state index contributed by atoms with van der Waals surface area (Å²) in [5, 5.41) is 0. The van der Waals surface area contributed by atoms with Crippen LogP contribution in [0.3, 0.4) is 0 Å². The summed E-state index contributed by atoms with van der Waals surface area (Å²) in [6, 6.07) is 10.0. The third kappa shape index (κ3) is 4.14. The fourth-order valence-electron chi connectivity index (χ4n) is 2.99. The molecule has 0 aromatic heterocycles. The molecule has 0 aliphatic heterocycles. The number of allylic oxidation sites excluding steroid dienone is 2. The van der Waals surface area contributed by atoms with Gasteiger partial charge in [-0.1, -0.05) is 36.4 Å². The SMILES string of the molecule is C/C=C/CCc1ccc(-c2ccc(-c3cc(F)c(F)c(F)c3)c(F)c2)c(F)c1. The first-order valence-electron chi connectivity index (χ1n) is 8.75. The molecule has 3 aromatic rings. The highest BCUT2D eigenvalue weighted by atomic mass is 19.2. The van der Waals surface area contributed by atoms with Gasteiger partial charge in [-0.3, -0.25) is 0 Å². The molecule has 144 valence electrons. The molecule has 0 fully saturated rings. The van der Waals surface area contributed by atoms with Gasteiger partial charge in [0.1, 0.15) is 11.6 Å². The highest BCUT2D eigenvalue weighted by molar-refractivity contribution is 5.71. The average Bonchev–Trinajstić information content (AvgIpc) is 2.66. The minimum atomic E-state index is -1.61. The molecule has 0 aliphatic carbocycles. The van der Waals surface area contributed by atoms with Crippen LogP contribution in [-0.2, 0) is 6.42 Å². The lowest BCUT2D eigenvalue weighted by Gasteiger charge is -2.10. The predicted octanol–water partition coefficient (Wildman–Crippen LogP) is 7.22. The Kier molecular flexibility index (Phi) is 5.93. The van der Waals surface area contributed by atoms with E-state index in [1.54, 1.807) is 12.1 Å². The predicted molar refractivity (Wildman–Crippen MR) is 100 cm³/mol. The standard InChI is InChI=1S/C23H17F5/c1-2-3-4-5-14-6-8-17(19(24)10-14)15-7-9-18(20(25)11-15)16-12-21(26)23(28)22(27)13-16/h2-3,6-13H,4-5H2,1H3/b3-2+. The first kappa shape index (κ1) is 19.8. The molecule has 28 heavy (non-hydrogen) atoms. The van der Waals surface area contributed by atoms with Crippen LogP contribution in [0.25, 0.3) is 22.3 Å². The third-order valence-corrected chi connectivity index (χ3v) is 4.44. The molecule has 0 N–H and O–H groups in total. The number of benzene rings is 3. The number of aryl methyl sites for hydroxylation is 1. The Bertz CT molecular complexity index is 1010. The zero-order valence-electron chi connectivity index (χ0n) is 15.1. The molecule has 0 atom stereocenters. The minimum Gasteiger partial charge on any atom is -0.206 e. The first-order valence-corrected chi connectivity index (χ1v) is 8.75. The van der Waals surface area contributed by atoms with Gasteiger partial charge in [0.2, 0.25) is 0 Å². The molecular formula is C23H17F5. The molecule has 0 aliphatic rings. The fraction of sp³-hybridized carbons (Fsp3) is 0.130. The van der Waals surface area contributed by atoms with E-state index in [1.165, 1.54) is 18.2 Å². The van der Waals surface area contributed by atoms with Crippen LogP contribution in [0.2, 0.25) is 0 Å². The molecule has 0 spiro atoms. The fourth-order valence-corrected chi connectivity index (χ4v) is 2.99. The summed E-state index contributed by atoms with van der Waals surface area (Å²) in [6.07, 6.45) is 5.40. The Hall–Kier alpha value is -2.95. The van der Waals surface area contributed by atoms with Crippen molar-refractivity contribution in [3.63, 3.8) is 0 Å². The van der Waals surface area contributed by atoms with Crippen LogP contribution in [0, 0.1) is 29.1 Å². The van der Waals surface area contributed by atoms with Gasteiger partial charge in [-0.2, -0.15) is 0 Å². The summed E-state index contributed by atoms with van der Waals surface area (Å²) in [6.45, 7) is 1.91. The van der Waals surface area contributed by atoms with Crippen molar-refractivity contribution in [2.45, 2.75) is 19.8 Å². The molecule has 3 rings (SSSR count). The smallest absolute Gasteiger partial charge is 0.194 e. The molecule has 0 amide bonds. The lowest BCUT2D eigenvalue weighted by Crippen LogP contribution is -1.94. The van der Waals surface area contributed by atoms with E-state index >= 15 is 0 Å². The van der Waals surface area contributed by atoms with Gasteiger partial charge in [-0.15, -0.1) is 0 Å². The number of hydrogen-bond donors (Lipinski definition) is 0. The lowest BCUT2D eigenvalue weighted by molar-refractivity contribution is 0.447. The van der Waals surface area contributed by atoms with Crippen molar-refractivity contribution >= 4 is 0 Å². The van der Waals surface area contributed by atoms with E-state index < -0.39 is 29.1 Å². The summed E-state index contributed by atoms with van der Waals surface area (Å²) in [4.78, 5) is 0. The van der Waals surface area contributed by atoms with E-state index in [1.807, 2.05) is 19.1 Å². The zero-order chi connectivity index (χ0) is 20.3. The molecule has 0 unspecified atom stereocenters. The summed E-state index contributed by atoms with van der Waals surface area (Å²) in [5.74, 6) is -5.70. The van der Waals surface area contributed by atoms with Crippen LogP contribution in [0.4, 0.5) is 22.0 Å². The second-order valence-electron chi connectivity index (χ2n) is 6.37. The quantitative estimate of drug-likeness (QED) is 0.246. The Morgan fingerprint density at radius 2 is 1.25 bits per heavy atom. The van der Waals surface area contributed by atoms with E-state index in [4.69, 9.17) is 0 Å². The molecule has 0 saturated heterocycles. The molecule has 5 heteroatoms. The van der Waals surface area contributed by atoms with Gasteiger partial charge < -0.3 is 0 Å². The topological polar surface area (TPSA) is 0 Å². The van der Waals surface area contributed by atoms with E-state index in [2.05, 4.69) is 0 Å². The maximum Gasteiger partial charge on any atom is 0.194 e. The van der Waals surface area contributed by atoms with Gasteiger partial charge in [-0.05, 0) is 60.7 Å². The molecule has 0 saturated carbocycles. The van der Waals surface area contributed by atoms with Gasteiger partial charge in [-0.25, -0.2) is 22.0 Å². The highest BCUT2D eigenvalue weighted by Crippen LogP contribution is 2.31. The summed E-state index contributed by atoms with van der Waals surface area (Å²) in [7, 11) is 0. The maximum atomic E-state index is 14.5. The summed E-state index contributed by atoms with van der Waals surface area (Å²) >= 11 is 0. The van der Waals surface area contributed by atoms with Crippen molar-refractivity contribution in [2.75, 3.05) is 0 Å². The summed E-state index contributed by atoms with van der Waals surface area (Å²) in [5.41, 5.74) is 1.09. The number of rotatable bonds is 5. The second kappa shape index (κ2) is 8.38. The maximum absolute atomic E-state index is 14.5. The zero-order valence-corrected chi connectivity index (χ0v) is 15.1. The van der Waals surface area contributed by atoms with Crippen LogP contribution in [0.15, 0.2) is 60.7 Å². The Morgan fingerprint density at radius 1 is 0.679 bits per heavy atom. The number of halogens is 5. The normalized spacial score (nSPS) is 11.4. The lowest BCUT2D eigenvalue weighted by atomic mass is 9.97. The molecular weight excluding hydrogens is 371 g/mol. The highest BCUT2D eigenvalue weighted by Gasteiger charge is 2.15. The Balaban J connectivity index is 1.92. The Labute approximate surface area is 160 Å². The van der Waals surface area contributed by atoms with E-state index in [9.17, 15) is 22.0 Å². The van der Waals surface area contributed by atoms with E-state index in [0.717, 1.165) is 30.2 Å². The van der Waals surface area contributed by atoms with Crippen molar-refractivity contribution in [2.24, 2.45) is 0 Å². The van der Waals surface area contributed by atoms with Crippen LogP contribution in [-0.4, -0.2) is 0 Å². The van der Waals surface area contributed by atoms with Crippen molar-refractivity contribution < 1.29 is 22.0 Å². The van der Waals surface area contributed by atoms with Gasteiger partial charge in [0.15, 0.2) is 17.5 Å². The molecule has 0 nitrogen and oxygen atoms in total. The van der Waals surface area contributed by atoms with E-state index in [0.29, 0.717) is 12.0 Å². The van der Waals surface area contributed by atoms with Gasteiger partial charge >= 0.3 is 0 Å². The molecule has 0 radical (unpaired) electrons. The van der Waals surface area contributed by atoms with Crippen molar-refractivity contribution in [3.8, 4) is 22.3 Å². The Morgan fingerprint density at radius 3 is 1.86 bits per heavy atom. The van der Waals surface area contributed by atoms with Gasteiger partial charge in [0.25, 0.3) is 0 Å². The second-order valence-corrected chi connectivity index (χ2v) is 6.37. The largest absolute Gasteiger partial charge is 0.206 e. The van der Waals surface area contributed by atoms with Crippen LogP contribution in [0.1, 0.15) is 18.9 Å². The van der Waals surface area contributed by atoms with E-state index in [-0.39, 0.29) is 16.7 Å². The van der Waals surface area contributed by atoms with Crippen LogP contribution in [0.5, 0.6) is 0 Å². The molecule has 0 heterocycles. The van der Waals surface area contributed by atoms with Gasteiger partial charge in [0, 0.05) is 11.1 Å². The van der Waals surface area contributed by atoms with Crippen molar-refractivity contribution in [3.05, 3.63) is 95.3 Å². The summed E-state index contributed by atoms with van der Waals surface area (Å²) < 4.78 is 68.9. The van der Waals surface area contributed by atoms with Crippen molar-refractivity contribution in [1.29, 1.82) is 0 Å². The average molecular weight is 388 g/mol. The third-order valence-electron chi connectivity index (χ3n) is 4.44. The van der Waals surface area contributed by atoms with Crippen molar-refractivity contribution in [1.82, 2.24) is 0 Å². The molecule has 0 bridgehead atoms. The first-order chi connectivity index (χ1) is 13.4.